The van der Waals surface area contributed by atoms with Crippen molar-refractivity contribution < 1.29 is 14.3 Å². The molecule has 0 aromatic heterocycles. The summed E-state index contributed by atoms with van der Waals surface area (Å²) >= 11 is 0. The van der Waals surface area contributed by atoms with Crippen LogP contribution >= 0.6 is 0 Å². The summed E-state index contributed by atoms with van der Waals surface area (Å²) in [5, 5.41) is 0. The second-order valence-electron chi connectivity index (χ2n) is 5.48. The quantitative estimate of drug-likeness (QED) is 0.417. The van der Waals surface area contributed by atoms with Crippen molar-refractivity contribution in [3.63, 3.8) is 0 Å². The van der Waals surface area contributed by atoms with Gasteiger partial charge in [0, 0.05) is 0 Å². The largest absolute Gasteiger partial charge is 0.508 e. The lowest BCUT2D eigenvalue weighted by Gasteiger charge is -2.15. The first-order valence-corrected chi connectivity index (χ1v) is 7.79. The fraction of sp³-hybridized carbons (Fsp3) is 0.500. The predicted molar refractivity (Wildman–Crippen MR) is 83.5 cm³/mol. The van der Waals surface area contributed by atoms with E-state index in [-0.39, 0.29) is 6.61 Å². The van der Waals surface area contributed by atoms with Crippen molar-refractivity contribution in [1.82, 2.24) is 0 Å². The van der Waals surface area contributed by atoms with Crippen molar-refractivity contribution in [2.45, 2.75) is 44.4 Å². The molecule has 2 rings (SSSR count). The first kappa shape index (κ1) is 15.6. The van der Waals surface area contributed by atoms with Gasteiger partial charge in [0.2, 0.25) is 0 Å². The maximum atomic E-state index is 11.2. The van der Waals surface area contributed by atoms with Gasteiger partial charge in [-0.15, -0.1) is 0 Å². The van der Waals surface area contributed by atoms with Gasteiger partial charge in [-0.05, 0) is 42.7 Å². The number of carbonyl (C=O) groups is 1. The first-order chi connectivity index (χ1) is 10.3. The first-order valence-electron chi connectivity index (χ1n) is 7.79. The molecule has 0 unspecified atom stereocenters. The summed E-state index contributed by atoms with van der Waals surface area (Å²) in [4.78, 5) is 11.2. The summed E-state index contributed by atoms with van der Waals surface area (Å²) in [6.45, 7) is 4.08. The standard InChI is InChI=1S/C18H24O3/c1-2-13-20-18(19)21-14-7-11-16-10-5-6-12-17(16)15-8-3-4-9-15/h2,5-6,10,12,15H,1,3-4,7-9,11,13-14H2. The van der Waals surface area contributed by atoms with Gasteiger partial charge in [-0.1, -0.05) is 49.8 Å². The molecule has 0 aliphatic heterocycles. The Morgan fingerprint density at radius 2 is 2.00 bits per heavy atom. The van der Waals surface area contributed by atoms with Crippen molar-refractivity contribution in [2.24, 2.45) is 0 Å². The molecule has 1 aliphatic carbocycles. The van der Waals surface area contributed by atoms with Crippen LogP contribution in [0.5, 0.6) is 0 Å². The Labute approximate surface area is 127 Å². The van der Waals surface area contributed by atoms with Crippen LogP contribution in [0.3, 0.4) is 0 Å². The van der Waals surface area contributed by atoms with Crippen molar-refractivity contribution >= 4 is 6.16 Å². The molecule has 1 aliphatic rings. The second-order valence-corrected chi connectivity index (χ2v) is 5.48. The molecule has 0 radical (unpaired) electrons. The summed E-state index contributed by atoms with van der Waals surface area (Å²) in [6.07, 6.45) is 7.99. The highest BCUT2D eigenvalue weighted by atomic mass is 16.7. The minimum atomic E-state index is -0.612. The lowest BCUT2D eigenvalue weighted by atomic mass is 9.91. The van der Waals surface area contributed by atoms with Crippen molar-refractivity contribution in [3.05, 3.63) is 48.0 Å². The molecule has 3 nitrogen and oxygen atoms in total. The molecule has 21 heavy (non-hydrogen) atoms. The number of ether oxygens (including phenoxy) is 2. The number of benzene rings is 1. The number of aryl methyl sites for hydroxylation is 1. The van der Waals surface area contributed by atoms with Crippen LogP contribution in [-0.4, -0.2) is 19.4 Å². The smallest absolute Gasteiger partial charge is 0.434 e. The Morgan fingerprint density at radius 3 is 2.76 bits per heavy atom. The molecular formula is C18H24O3. The fourth-order valence-corrected chi connectivity index (χ4v) is 2.98. The third-order valence-corrected chi connectivity index (χ3v) is 3.98. The van der Waals surface area contributed by atoms with Crippen molar-refractivity contribution in [2.75, 3.05) is 13.2 Å². The Bertz CT molecular complexity index is 461. The van der Waals surface area contributed by atoms with Gasteiger partial charge in [-0.3, -0.25) is 0 Å². The number of hydrogen-bond donors (Lipinski definition) is 0. The zero-order chi connectivity index (χ0) is 14.9. The molecule has 1 aromatic rings. The third-order valence-electron chi connectivity index (χ3n) is 3.98. The Hall–Kier alpha value is -1.77. The summed E-state index contributed by atoms with van der Waals surface area (Å²) < 4.78 is 9.79. The highest BCUT2D eigenvalue weighted by molar-refractivity contribution is 5.59. The lowest BCUT2D eigenvalue weighted by Crippen LogP contribution is -2.09. The topological polar surface area (TPSA) is 35.5 Å². The van der Waals surface area contributed by atoms with E-state index in [4.69, 9.17) is 9.47 Å². The lowest BCUT2D eigenvalue weighted by molar-refractivity contribution is 0.0625. The van der Waals surface area contributed by atoms with Gasteiger partial charge in [0.15, 0.2) is 0 Å². The average Bonchev–Trinajstić information content (AvgIpc) is 3.04. The molecule has 0 N–H and O–H groups in total. The van der Waals surface area contributed by atoms with Crippen molar-refractivity contribution in [3.8, 4) is 0 Å². The zero-order valence-electron chi connectivity index (χ0n) is 12.6. The molecule has 0 spiro atoms. The second kappa shape index (κ2) is 8.50. The van der Waals surface area contributed by atoms with Crippen LogP contribution < -0.4 is 0 Å². The number of rotatable bonds is 7. The van der Waals surface area contributed by atoms with Gasteiger partial charge in [0.1, 0.15) is 6.61 Å². The van der Waals surface area contributed by atoms with Gasteiger partial charge in [-0.2, -0.15) is 0 Å². The van der Waals surface area contributed by atoms with E-state index < -0.39 is 6.16 Å². The SMILES string of the molecule is C=CCOC(=O)OCCCc1ccccc1C1CCCC1. The van der Waals surface area contributed by atoms with Gasteiger partial charge in [-0.25, -0.2) is 4.79 Å². The monoisotopic (exact) mass is 288 g/mol. The molecule has 0 saturated heterocycles. The van der Waals surface area contributed by atoms with Crippen LogP contribution in [0.25, 0.3) is 0 Å². The molecule has 0 bridgehead atoms. The van der Waals surface area contributed by atoms with E-state index >= 15 is 0 Å². The maximum Gasteiger partial charge on any atom is 0.508 e. The molecular weight excluding hydrogens is 264 g/mol. The van der Waals surface area contributed by atoms with Crippen LogP contribution in [0.15, 0.2) is 36.9 Å². The van der Waals surface area contributed by atoms with E-state index in [1.807, 2.05) is 0 Å². The van der Waals surface area contributed by atoms with Gasteiger partial charge < -0.3 is 9.47 Å². The third kappa shape index (κ3) is 4.92. The molecule has 0 atom stereocenters. The van der Waals surface area contributed by atoms with Gasteiger partial charge >= 0.3 is 6.16 Å². The molecule has 0 amide bonds. The molecule has 0 heterocycles. The van der Waals surface area contributed by atoms with Crippen LogP contribution in [-0.2, 0) is 15.9 Å². The zero-order valence-corrected chi connectivity index (χ0v) is 12.6. The van der Waals surface area contributed by atoms with Crippen LogP contribution in [0.2, 0.25) is 0 Å². The van der Waals surface area contributed by atoms with Gasteiger partial charge in [0.05, 0.1) is 6.61 Å². The molecule has 1 aromatic carbocycles. The van der Waals surface area contributed by atoms with Crippen LogP contribution in [0, 0.1) is 0 Å². The maximum absolute atomic E-state index is 11.2. The van der Waals surface area contributed by atoms with E-state index in [2.05, 4.69) is 30.8 Å². The average molecular weight is 288 g/mol. The predicted octanol–water partition coefficient (Wildman–Crippen LogP) is 4.62. The van der Waals surface area contributed by atoms with Gasteiger partial charge in [0.25, 0.3) is 0 Å². The summed E-state index contributed by atoms with van der Waals surface area (Å²) in [5.41, 5.74) is 2.89. The molecule has 114 valence electrons. The van der Waals surface area contributed by atoms with E-state index in [1.54, 1.807) is 0 Å². The number of hydrogen-bond acceptors (Lipinski definition) is 3. The van der Waals surface area contributed by atoms with Crippen LogP contribution in [0.1, 0.15) is 49.1 Å². The molecule has 1 fully saturated rings. The Balaban J connectivity index is 1.78. The van der Waals surface area contributed by atoms with E-state index in [9.17, 15) is 4.79 Å². The molecule has 1 saturated carbocycles. The number of carbonyl (C=O) groups excluding carboxylic acids is 1. The van der Waals surface area contributed by atoms with E-state index in [0.717, 1.165) is 18.8 Å². The molecule has 3 heteroatoms. The summed E-state index contributed by atoms with van der Waals surface area (Å²) in [5.74, 6) is 0.722. The highest BCUT2D eigenvalue weighted by Crippen LogP contribution is 2.35. The van der Waals surface area contributed by atoms with Crippen LogP contribution in [0.4, 0.5) is 4.79 Å². The van der Waals surface area contributed by atoms with E-state index in [1.165, 1.54) is 42.9 Å². The minimum absolute atomic E-state index is 0.198. The summed E-state index contributed by atoms with van der Waals surface area (Å²) in [7, 11) is 0. The normalized spacial score (nSPS) is 14.9. The Kier molecular flexibility index (Phi) is 6.32. The van der Waals surface area contributed by atoms with Crippen molar-refractivity contribution in [1.29, 1.82) is 0 Å². The summed E-state index contributed by atoms with van der Waals surface area (Å²) in [6, 6.07) is 8.67. The highest BCUT2D eigenvalue weighted by Gasteiger charge is 2.19. The fourth-order valence-electron chi connectivity index (χ4n) is 2.98. The van der Waals surface area contributed by atoms with E-state index in [0.29, 0.717) is 6.61 Å². The Morgan fingerprint density at radius 1 is 1.24 bits per heavy atom. The minimum Gasteiger partial charge on any atom is -0.434 e.